The summed E-state index contributed by atoms with van der Waals surface area (Å²) in [7, 11) is 0. The van der Waals surface area contributed by atoms with E-state index in [2.05, 4.69) is 26.6 Å². The Morgan fingerprint density at radius 2 is 0.955 bits per heavy atom. The summed E-state index contributed by atoms with van der Waals surface area (Å²) < 4.78 is 29.5. The third-order valence-corrected chi connectivity index (χ3v) is 10.8. The standard InChI is InChI=1S/C27H34FN3O4.C24H27FN2O4/c1-15(32)13-29-26(35)22-10-17(24(33)30-14-27(3,4)5)6-9-20(22)21-11-18(12-23(28)16(21)2)25(34)31-19-7-8-19;1-13-18(10-15(11-20(13)25)22(29)27-16-6-7-16)17-8-5-14(9-19(17)23(30)31)21(28)26-12-24(2,3)4/h6,9-12,15,19,32H,7-8,13-14H2,1-5H3,(H,29,35)(H,30,33)(H,31,34);5,8-11,16H,6-7,12H2,1-4H3,(H,26,28)(H,27,29)(H,30,31)/t15-;/m0./s1. The molecule has 5 amide bonds. The van der Waals surface area contributed by atoms with Crippen LogP contribution in [0, 0.1) is 36.3 Å². The first-order chi connectivity index (χ1) is 30.8. The zero-order valence-corrected chi connectivity index (χ0v) is 39.1. The van der Waals surface area contributed by atoms with Crippen LogP contribution in [0.2, 0.25) is 0 Å². The number of benzene rings is 4. The summed E-state index contributed by atoms with van der Waals surface area (Å²) in [5, 5.41) is 33.3. The number of aliphatic hydroxyl groups excluding tert-OH is 1. The van der Waals surface area contributed by atoms with Crippen molar-refractivity contribution < 1.29 is 47.8 Å². The lowest BCUT2D eigenvalue weighted by atomic mass is 9.91. The van der Waals surface area contributed by atoms with E-state index in [1.165, 1.54) is 43.3 Å². The maximum absolute atomic E-state index is 14.9. The maximum atomic E-state index is 14.9. The molecule has 4 aromatic carbocycles. The summed E-state index contributed by atoms with van der Waals surface area (Å²) in [5.41, 5.74) is 2.38. The highest BCUT2D eigenvalue weighted by Gasteiger charge is 2.28. The van der Waals surface area contributed by atoms with E-state index in [1.54, 1.807) is 32.0 Å². The summed E-state index contributed by atoms with van der Waals surface area (Å²) in [4.78, 5) is 75.3. The van der Waals surface area contributed by atoms with Gasteiger partial charge >= 0.3 is 5.97 Å². The molecule has 66 heavy (non-hydrogen) atoms. The molecule has 6 rings (SSSR count). The van der Waals surface area contributed by atoms with Crippen molar-refractivity contribution in [2.45, 2.75) is 106 Å². The number of amides is 5. The van der Waals surface area contributed by atoms with Crippen LogP contribution in [-0.4, -0.2) is 83.5 Å². The fraction of sp³-hybridized carbons (Fsp3) is 0.412. The van der Waals surface area contributed by atoms with Crippen LogP contribution in [0.4, 0.5) is 8.78 Å². The van der Waals surface area contributed by atoms with E-state index in [0.717, 1.165) is 31.7 Å². The van der Waals surface area contributed by atoms with Gasteiger partial charge in [-0.1, -0.05) is 53.7 Å². The molecule has 0 aliphatic heterocycles. The van der Waals surface area contributed by atoms with Gasteiger partial charge in [0.25, 0.3) is 29.5 Å². The molecule has 7 N–H and O–H groups in total. The van der Waals surface area contributed by atoms with Gasteiger partial charge in [0, 0.05) is 59.5 Å². The number of aromatic carboxylic acids is 1. The molecule has 0 aromatic heterocycles. The third-order valence-electron chi connectivity index (χ3n) is 10.8. The Hall–Kier alpha value is -6.48. The van der Waals surface area contributed by atoms with E-state index in [0.29, 0.717) is 29.8 Å². The fourth-order valence-corrected chi connectivity index (χ4v) is 6.61. The molecule has 0 bridgehead atoms. The minimum Gasteiger partial charge on any atom is -0.478 e. The zero-order chi connectivity index (χ0) is 48.8. The predicted molar refractivity (Wildman–Crippen MR) is 249 cm³/mol. The molecule has 2 aliphatic rings. The van der Waals surface area contributed by atoms with Crippen molar-refractivity contribution in [1.29, 1.82) is 0 Å². The van der Waals surface area contributed by atoms with Crippen molar-refractivity contribution in [2.75, 3.05) is 19.6 Å². The topological polar surface area (TPSA) is 203 Å². The second-order valence-corrected chi connectivity index (χ2v) is 19.6. The number of carboxylic acid groups (broad SMARTS) is 1. The molecular weight excluding hydrogens is 849 g/mol. The minimum absolute atomic E-state index is 0.00982. The molecule has 2 aliphatic carbocycles. The highest BCUT2D eigenvalue weighted by molar-refractivity contribution is 6.06. The van der Waals surface area contributed by atoms with Crippen molar-refractivity contribution in [3.63, 3.8) is 0 Å². The van der Waals surface area contributed by atoms with Gasteiger partial charge in [-0.05, 0) is 139 Å². The highest BCUT2D eigenvalue weighted by Crippen LogP contribution is 2.33. The van der Waals surface area contributed by atoms with E-state index >= 15 is 0 Å². The summed E-state index contributed by atoms with van der Waals surface area (Å²) >= 11 is 0. The molecule has 15 heteroatoms. The maximum Gasteiger partial charge on any atom is 0.336 e. The molecule has 0 saturated heterocycles. The van der Waals surface area contributed by atoms with E-state index in [4.69, 9.17) is 0 Å². The van der Waals surface area contributed by atoms with Crippen molar-refractivity contribution in [3.8, 4) is 22.3 Å². The molecule has 2 saturated carbocycles. The minimum atomic E-state index is -1.24. The molecule has 1 atom stereocenters. The van der Waals surface area contributed by atoms with Gasteiger partial charge in [0.15, 0.2) is 0 Å². The summed E-state index contributed by atoms with van der Waals surface area (Å²) in [6, 6.07) is 14.5. The van der Waals surface area contributed by atoms with Crippen molar-refractivity contribution in [3.05, 3.63) is 117 Å². The fourth-order valence-electron chi connectivity index (χ4n) is 6.61. The van der Waals surface area contributed by atoms with E-state index in [1.807, 2.05) is 41.5 Å². The average molecular weight is 910 g/mol. The average Bonchev–Trinajstić information content (AvgIpc) is 4.20. The van der Waals surface area contributed by atoms with Gasteiger partial charge in [0.2, 0.25) is 0 Å². The van der Waals surface area contributed by atoms with Crippen LogP contribution in [-0.2, 0) is 0 Å². The number of nitrogens with one attached hydrogen (secondary N) is 5. The molecule has 0 radical (unpaired) electrons. The van der Waals surface area contributed by atoms with Gasteiger partial charge in [0.05, 0.1) is 11.7 Å². The summed E-state index contributed by atoms with van der Waals surface area (Å²) in [6.45, 7) is 17.4. The van der Waals surface area contributed by atoms with Crippen molar-refractivity contribution in [2.24, 2.45) is 10.8 Å². The van der Waals surface area contributed by atoms with Gasteiger partial charge < -0.3 is 36.8 Å². The van der Waals surface area contributed by atoms with Gasteiger partial charge in [0.1, 0.15) is 11.6 Å². The third kappa shape index (κ3) is 14.0. The lowest BCUT2D eigenvalue weighted by Crippen LogP contribution is -2.33. The van der Waals surface area contributed by atoms with Crippen LogP contribution in [0.5, 0.6) is 0 Å². The number of carboxylic acids is 1. The molecule has 4 aromatic rings. The van der Waals surface area contributed by atoms with Crippen LogP contribution in [0.25, 0.3) is 22.3 Å². The Balaban J connectivity index is 0.000000249. The van der Waals surface area contributed by atoms with Crippen LogP contribution < -0.4 is 26.6 Å². The zero-order valence-electron chi connectivity index (χ0n) is 39.1. The molecule has 2 fully saturated rings. The Morgan fingerprint density at radius 3 is 1.32 bits per heavy atom. The number of rotatable bonds is 14. The Kier molecular flexibility index (Phi) is 15.9. The lowest BCUT2D eigenvalue weighted by Gasteiger charge is -2.19. The summed E-state index contributed by atoms with van der Waals surface area (Å²) in [6.07, 6.45) is 2.83. The number of hydrogen-bond donors (Lipinski definition) is 7. The first-order valence-corrected chi connectivity index (χ1v) is 22.1. The number of carbonyl (C=O) groups is 6. The summed E-state index contributed by atoms with van der Waals surface area (Å²) in [5.74, 6) is -4.40. The van der Waals surface area contributed by atoms with Crippen LogP contribution in [0.3, 0.4) is 0 Å². The molecule has 0 spiro atoms. The van der Waals surface area contributed by atoms with Gasteiger partial charge in [-0.2, -0.15) is 0 Å². The monoisotopic (exact) mass is 909 g/mol. The quantitative estimate of drug-likeness (QED) is 0.0665. The van der Waals surface area contributed by atoms with Gasteiger partial charge in [-0.3, -0.25) is 24.0 Å². The van der Waals surface area contributed by atoms with Crippen LogP contribution in [0.15, 0.2) is 60.7 Å². The Labute approximate surface area is 384 Å². The predicted octanol–water partition coefficient (Wildman–Crippen LogP) is 7.75. The lowest BCUT2D eigenvalue weighted by molar-refractivity contribution is 0.0696. The Morgan fingerprint density at radius 1 is 0.561 bits per heavy atom. The van der Waals surface area contributed by atoms with Crippen molar-refractivity contribution in [1.82, 2.24) is 26.6 Å². The van der Waals surface area contributed by atoms with Crippen LogP contribution in [0.1, 0.15) is 147 Å². The number of halogens is 2. The normalized spacial score (nSPS) is 13.9. The van der Waals surface area contributed by atoms with E-state index in [9.17, 15) is 47.8 Å². The Bertz CT molecular complexity index is 2530. The smallest absolute Gasteiger partial charge is 0.336 e. The molecule has 13 nitrogen and oxygen atoms in total. The highest BCUT2D eigenvalue weighted by atomic mass is 19.1. The first-order valence-electron chi connectivity index (χ1n) is 22.1. The van der Waals surface area contributed by atoms with Crippen LogP contribution >= 0.6 is 0 Å². The second-order valence-electron chi connectivity index (χ2n) is 19.6. The largest absolute Gasteiger partial charge is 0.478 e. The first kappa shape index (κ1) is 50.5. The van der Waals surface area contributed by atoms with E-state index in [-0.39, 0.29) is 97.3 Å². The second kappa shape index (κ2) is 20.8. The molecular formula is C51H61F2N5O8. The van der Waals surface area contributed by atoms with Gasteiger partial charge in [-0.25, -0.2) is 13.6 Å². The number of aliphatic hydroxyl groups is 1. The van der Waals surface area contributed by atoms with Gasteiger partial charge in [-0.15, -0.1) is 0 Å². The molecule has 0 heterocycles. The molecule has 352 valence electrons. The molecule has 0 unspecified atom stereocenters. The number of carbonyl (C=O) groups excluding carboxylic acids is 5. The van der Waals surface area contributed by atoms with E-state index < -0.39 is 35.5 Å². The SMILES string of the molecule is Cc1c(F)cc(C(=O)NC2CC2)cc1-c1ccc(C(=O)NCC(C)(C)C)cc1C(=O)NC[C@H](C)O.Cc1c(F)cc(C(=O)NC2CC2)cc1-c1ccc(C(=O)NCC(C)(C)C)cc1C(=O)O. The number of hydrogen-bond acceptors (Lipinski definition) is 7. The van der Waals surface area contributed by atoms with Crippen molar-refractivity contribution >= 4 is 35.5 Å².